The quantitative estimate of drug-likeness (QED) is 0.712. The third-order valence-corrected chi connectivity index (χ3v) is 3.92. The monoisotopic (exact) mass is 253 g/mol. The Morgan fingerprint density at radius 1 is 1.56 bits per heavy atom. The summed E-state index contributed by atoms with van der Waals surface area (Å²) in [6, 6.07) is -0.243. The minimum atomic E-state index is -0.314. The Hall–Kier alpha value is -1.10. The molecular weight excluding hydrogens is 230 g/mol. The van der Waals surface area contributed by atoms with Gasteiger partial charge in [-0.3, -0.25) is 9.59 Å². The highest BCUT2D eigenvalue weighted by Gasteiger charge is 2.33. The van der Waals surface area contributed by atoms with Crippen molar-refractivity contribution in [2.45, 2.75) is 51.1 Å². The van der Waals surface area contributed by atoms with E-state index < -0.39 is 0 Å². The average Bonchev–Trinajstić information content (AvgIpc) is 3.12. The molecule has 0 aromatic heterocycles. The van der Waals surface area contributed by atoms with E-state index in [0.717, 1.165) is 6.42 Å². The molecule has 5 heteroatoms. The lowest BCUT2D eigenvalue weighted by molar-refractivity contribution is -0.137. The van der Waals surface area contributed by atoms with Crippen LogP contribution in [-0.4, -0.2) is 41.9 Å². The second-order valence-electron chi connectivity index (χ2n) is 5.36. The van der Waals surface area contributed by atoms with Gasteiger partial charge in [-0.15, -0.1) is 0 Å². The molecule has 0 spiro atoms. The molecule has 3 N–H and O–H groups in total. The van der Waals surface area contributed by atoms with E-state index in [1.807, 2.05) is 6.92 Å². The van der Waals surface area contributed by atoms with Crippen molar-refractivity contribution in [3.8, 4) is 0 Å². The number of rotatable bonds is 6. The summed E-state index contributed by atoms with van der Waals surface area (Å²) in [5.41, 5.74) is 5.95. The van der Waals surface area contributed by atoms with Crippen LogP contribution in [-0.2, 0) is 9.59 Å². The second kappa shape index (κ2) is 5.69. The summed E-state index contributed by atoms with van der Waals surface area (Å²) in [6.45, 7) is 3.18. The molecule has 5 nitrogen and oxygen atoms in total. The van der Waals surface area contributed by atoms with Crippen molar-refractivity contribution in [2.24, 2.45) is 11.7 Å². The van der Waals surface area contributed by atoms with Gasteiger partial charge in [0.1, 0.15) is 6.04 Å². The second-order valence-corrected chi connectivity index (χ2v) is 5.36. The van der Waals surface area contributed by atoms with E-state index in [1.165, 1.54) is 12.8 Å². The molecule has 2 amide bonds. The molecule has 0 bridgehead atoms. The van der Waals surface area contributed by atoms with Gasteiger partial charge in [0.15, 0.2) is 0 Å². The first-order chi connectivity index (χ1) is 8.63. The van der Waals surface area contributed by atoms with Gasteiger partial charge in [0.05, 0.1) is 0 Å². The van der Waals surface area contributed by atoms with Crippen molar-refractivity contribution in [1.29, 1.82) is 0 Å². The largest absolute Gasteiger partial charge is 0.353 e. The number of hydrogen-bond donors (Lipinski definition) is 2. The molecule has 2 fully saturated rings. The first-order valence-electron chi connectivity index (χ1n) is 6.96. The maximum Gasteiger partial charge on any atom is 0.242 e. The first kappa shape index (κ1) is 13.3. The smallest absolute Gasteiger partial charge is 0.242 e. The molecule has 0 radical (unpaired) electrons. The number of nitrogens with two attached hydrogens (primary N) is 1. The highest BCUT2D eigenvalue weighted by molar-refractivity contribution is 5.88. The lowest BCUT2D eigenvalue weighted by Gasteiger charge is -2.26. The van der Waals surface area contributed by atoms with Crippen LogP contribution >= 0.6 is 0 Å². The predicted molar refractivity (Wildman–Crippen MR) is 68.7 cm³/mol. The molecule has 0 aromatic rings. The van der Waals surface area contributed by atoms with Gasteiger partial charge in [0.25, 0.3) is 0 Å². The molecule has 1 heterocycles. The van der Waals surface area contributed by atoms with Crippen molar-refractivity contribution >= 4 is 11.8 Å². The number of carbonyl (C=O) groups is 2. The maximum absolute atomic E-state index is 12.1. The van der Waals surface area contributed by atoms with E-state index in [9.17, 15) is 9.59 Å². The third-order valence-electron chi connectivity index (χ3n) is 3.92. The van der Waals surface area contributed by atoms with Crippen LogP contribution in [0.5, 0.6) is 0 Å². The molecule has 1 saturated carbocycles. The minimum Gasteiger partial charge on any atom is -0.353 e. The summed E-state index contributed by atoms with van der Waals surface area (Å²) < 4.78 is 0. The number of hydrogen-bond acceptors (Lipinski definition) is 3. The number of nitrogens with zero attached hydrogens (tertiary/aromatic N) is 1. The summed E-state index contributed by atoms with van der Waals surface area (Å²) >= 11 is 0. The Kier molecular flexibility index (Phi) is 4.22. The van der Waals surface area contributed by atoms with Crippen molar-refractivity contribution < 1.29 is 9.59 Å². The molecule has 2 atom stereocenters. The Bertz CT molecular complexity index is 328. The normalized spacial score (nSPS) is 23.0. The standard InChI is InChI=1S/C13H23N3O2/c1-2-11(16-7-3-4-12(16)17)13(18)15-8-10(14)9-5-6-9/h9-11H,2-8,14H2,1H3,(H,15,18). The van der Waals surface area contributed by atoms with Crippen LogP contribution in [0.1, 0.15) is 39.0 Å². The molecule has 0 aromatic carbocycles. The zero-order valence-corrected chi connectivity index (χ0v) is 11.0. The molecule has 2 rings (SSSR count). The predicted octanol–water partition coefficient (Wildman–Crippen LogP) is 0.241. The number of amides is 2. The first-order valence-corrected chi connectivity index (χ1v) is 6.96. The van der Waals surface area contributed by atoms with Gasteiger partial charge in [-0.1, -0.05) is 6.92 Å². The molecule has 1 aliphatic carbocycles. The van der Waals surface area contributed by atoms with E-state index in [-0.39, 0.29) is 23.9 Å². The van der Waals surface area contributed by atoms with Gasteiger partial charge in [0.2, 0.25) is 11.8 Å². The van der Waals surface area contributed by atoms with Gasteiger partial charge >= 0.3 is 0 Å². The zero-order valence-electron chi connectivity index (χ0n) is 11.0. The van der Waals surface area contributed by atoms with E-state index in [2.05, 4.69) is 5.32 Å². The van der Waals surface area contributed by atoms with Gasteiger partial charge in [-0.05, 0) is 31.6 Å². The van der Waals surface area contributed by atoms with Crippen molar-refractivity contribution in [3.63, 3.8) is 0 Å². The van der Waals surface area contributed by atoms with Crippen LogP contribution in [0.15, 0.2) is 0 Å². The molecule has 2 unspecified atom stereocenters. The Morgan fingerprint density at radius 3 is 2.78 bits per heavy atom. The zero-order chi connectivity index (χ0) is 13.1. The number of likely N-dealkylation sites (tertiary alicyclic amines) is 1. The molecule has 1 aliphatic heterocycles. The van der Waals surface area contributed by atoms with Gasteiger partial charge in [-0.2, -0.15) is 0 Å². The fourth-order valence-electron chi connectivity index (χ4n) is 2.57. The summed E-state index contributed by atoms with van der Waals surface area (Å²) in [7, 11) is 0. The molecule has 2 aliphatic rings. The van der Waals surface area contributed by atoms with Gasteiger partial charge in [0, 0.05) is 25.6 Å². The van der Waals surface area contributed by atoms with Gasteiger partial charge in [-0.25, -0.2) is 0 Å². The van der Waals surface area contributed by atoms with Crippen LogP contribution in [0.25, 0.3) is 0 Å². The highest BCUT2D eigenvalue weighted by Crippen LogP contribution is 2.31. The third kappa shape index (κ3) is 3.02. The van der Waals surface area contributed by atoms with Crippen molar-refractivity contribution in [2.75, 3.05) is 13.1 Å². The fraction of sp³-hybridized carbons (Fsp3) is 0.846. The van der Waals surface area contributed by atoms with Crippen LogP contribution < -0.4 is 11.1 Å². The Labute approximate surface area is 108 Å². The average molecular weight is 253 g/mol. The van der Waals surface area contributed by atoms with E-state index in [0.29, 0.717) is 31.8 Å². The van der Waals surface area contributed by atoms with Crippen molar-refractivity contribution in [1.82, 2.24) is 10.2 Å². The van der Waals surface area contributed by atoms with Crippen LogP contribution in [0.2, 0.25) is 0 Å². The van der Waals surface area contributed by atoms with Crippen LogP contribution in [0.3, 0.4) is 0 Å². The van der Waals surface area contributed by atoms with E-state index >= 15 is 0 Å². The van der Waals surface area contributed by atoms with Crippen LogP contribution in [0, 0.1) is 5.92 Å². The van der Waals surface area contributed by atoms with Crippen LogP contribution in [0.4, 0.5) is 0 Å². The number of carbonyl (C=O) groups excluding carboxylic acids is 2. The molecule has 102 valence electrons. The molecule has 1 saturated heterocycles. The SMILES string of the molecule is CCC(C(=O)NCC(N)C1CC1)N1CCCC1=O. The summed E-state index contributed by atoms with van der Waals surface area (Å²) in [5, 5.41) is 2.89. The fourth-order valence-corrected chi connectivity index (χ4v) is 2.57. The molecular formula is C13H23N3O2. The number of nitrogens with one attached hydrogen (secondary N) is 1. The highest BCUT2D eigenvalue weighted by atomic mass is 16.2. The Morgan fingerprint density at radius 2 is 2.28 bits per heavy atom. The lowest BCUT2D eigenvalue weighted by Crippen LogP contribution is -2.49. The summed E-state index contributed by atoms with van der Waals surface area (Å²) in [5.74, 6) is 0.631. The van der Waals surface area contributed by atoms with E-state index in [4.69, 9.17) is 5.73 Å². The summed E-state index contributed by atoms with van der Waals surface area (Å²) in [4.78, 5) is 25.5. The Balaban J connectivity index is 1.82. The molecule has 18 heavy (non-hydrogen) atoms. The van der Waals surface area contributed by atoms with E-state index in [1.54, 1.807) is 4.90 Å². The lowest BCUT2D eigenvalue weighted by atomic mass is 10.1. The van der Waals surface area contributed by atoms with Crippen molar-refractivity contribution in [3.05, 3.63) is 0 Å². The topological polar surface area (TPSA) is 75.4 Å². The minimum absolute atomic E-state index is 0.0520. The maximum atomic E-state index is 12.1. The summed E-state index contributed by atoms with van der Waals surface area (Å²) in [6.07, 6.45) is 4.46. The van der Waals surface area contributed by atoms with Gasteiger partial charge < -0.3 is 16.0 Å².